The molecule has 0 aromatic heterocycles. The second-order valence-corrected chi connectivity index (χ2v) is 4.06. The SMILES string of the molecule is CC12CCCC1C2.CNC(N)=O. The third-order valence-electron chi connectivity index (χ3n) is 3.09. The first-order valence-electron chi connectivity index (χ1n) is 4.56. The number of primary amides is 1. The van der Waals surface area contributed by atoms with E-state index in [-0.39, 0.29) is 0 Å². The van der Waals surface area contributed by atoms with E-state index in [1.54, 1.807) is 6.42 Å². The highest BCUT2D eigenvalue weighted by Gasteiger charge is 2.52. The molecule has 0 heterocycles. The summed E-state index contributed by atoms with van der Waals surface area (Å²) in [5.41, 5.74) is 5.40. The van der Waals surface area contributed by atoms with E-state index in [0.29, 0.717) is 0 Å². The van der Waals surface area contributed by atoms with Gasteiger partial charge in [0.2, 0.25) is 0 Å². The number of hydrogen-bond donors (Lipinski definition) is 2. The molecule has 2 unspecified atom stereocenters. The van der Waals surface area contributed by atoms with Crippen molar-refractivity contribution in [2.24, 2.45) is 17.1 Å². The molecule has 3 heteroatoms. The van der Waals surface area contributed by atoms with Crippen LogP contribution in [0, 0.1) is 11.3 Å². The Morgan fingerprint density at radius 3 is 2.33 bits per heavy atom. The van der Waals surface area contributed by atoms with E-state index in [0.717, 1.165) is 11.3 Å². The maximum absolute atomic E-state index is 9.48. The molecule has 0 bridgehead atoms. The summed E-state index contributed by atoms with van der Waals surface area (Å²) in [4.78, 5) is 9.48. The average molecular weight is 170 g/mol. The van der Waals surface area contributed by atoms with Gasteiger partial charge in [-0.25, -0.2) is 4.79 Å². The van der Waals surface area contributed by atoms with Gasteiger partial charge in [0, 0.05) is 7.05 Å². The van der Waals surface area contributed by atoms with E-state index < -0.39 is 6.03 Å². The molecule has 0 aromatic carbocycles. The van der Waals surface area contributed by atoms with Crippen molar-refractivity contribution in [3.8, 4) is 0 Å². The summed E-state index contributed by atoms with van der Waals surface area (Å²) in [7, 11) is 1.47. The monoisotopic (exact) mass is 170 g/mol. The molecule has 3 nitrogen and oxygen atoms in total. The summed E-state index contributed by atoms with van der Waals surface area (Å²) in [6.07, 6.45) is 6.13. The molecule has 12 heavy (non-hydrogen) atoms. The van der Waals surface area contributed by atoms with Crippen LogP contribution in [0.15, 0.2) is 0 Å². The zero-order valence-corrected chi connectivity index (χ0v) is 7.89. The molecule has 0 spiro atoms. The minimum atomic E-state index is -0.495. The number of carbonyl (C=O) groups excluding carboxylic acids is 1. The Kier molecular flexibility index (Phi) is 2.60. The maximum Gasteiger partial charge on any atom is 0.311 e. The number of amides is 2. The first-order chi connectivity index (χ1) is 5.58. The molecule has 0 saturated heterocycles. The average Bonchev–Trinajstić information content (AvgIpc) is 2.52. The second-order valence-electron chi connectivity index (χ2n) is 4.06. The van der Waals surface area contributed by atoms with Crippen molar-refractivity contribution < 1.29 is 4.79 Å². The van der Waals surface area contributed by atoms with Gasteiger partial charge in [-0.05, 0) is 30.6 Å². The highest BCUT2D eigenvalue weighted by molar-refractivity contribution is 5.71. The number of urea groups is 1. The van der Waals surface area contributed by atoms with Crippen molar-refractivity contribution >= 4 is 6.03 Å². The van der Waals surface area contributed by atoms with Crippen LogP contribution in [0.2, 0.25) is 0 Å². The van der Waals surface area contributed by atoms with Gasteiger partial charge in [-0.3, -0.25) is 0 Å². The largest absolute Gasteiger partial charge is 0.352 e. The van der Waals surface area contributed by atoms with Crippen LogP contribution in [0.5, 0.6) is 0 Å². The van der Waals surface area contributed by atoms with Crippen molar-refractivity contribution in [2.45, 2.75) is 32.6 Å². The van der Waals surface area contributed by atoms with Gasteiger partial charge in [0.1, 0.15) is 0 Å². The Labute approximate surface area is 73.7 Å². The number of nitrogens with one attached hydrogen (secondary N) is 1. The van der Waals surface area contributed by atoms with Gasteiger partial charge in [0.05, 0.1) is 0 Å². The zero-order chi connectivity index (χ0) is 9.19. The van der Waals surface area contributed by atoms with Gasteiger partial charge in [-0.1, -0.05) is 13.3 Å². The van der Waals surface area contributed by atoms with Crippen molar-refractivity contribution in [1.29, 1.82) is 0 Å². The fraction of sp³-hybridized carbons (Fsp3) is 0.889. The van der Waals surface area contributed by atoms with Crippen LogP contribution < -0.4 is 11.1 Å². The molecule has 2 fully saturated rings. The normalized spacial score (nSPS) is 36.0. The summed E-state index contributed by atoms with van der Waals surface area (Å²) in [5.74, 6) is 1.16. The fourth-order valence-corrected chi connectivity index (χ4v) is 2.01. The van der Waals surface area contributed by atoms with Crippen LogP contribution in [-0.2, 0) is 0 Å². The summed E-state index contributed by atoms with van der Waals surface area (Å²) in [6, 6.07) is -0.495. The van der Waals surface area contributed by atoms with E-state index in [9.17, 15) is 4.79 Å². The molecular weight excluding hydrogens is 152 g/mol. The molecule has 0 aromatic rings. The molecular formula is C9H18N2O. The first-order valence-corrected chi connectivity index (χ1v) is 4.56. The molecule has 3 N–H and O–H groups in total. The maximum atomic E-state index is 9.48. The molecule has 2 aliphatic rings. The summed E-state index contributed by atoms with van der Waals surface area (Å²) >= 11 is 0. The van der Waals surface area contributed by atoms with Crippen molar-refractivity contribution in [3.63, 3.8) is 0 Å². The van der Waals surface area contributed by atoms with Crippen molar-refractivity contribution in [3.05, 3.63) is 0 Å². The topological polar surface area (TPSA) is 55.1 Å². The molecule has 0 aliphatic heterocycles. The first kappa shape index (κ1) is 9.36. The number of nitrogens with two attached hydrogens (primary N) is 1. The lowest BCUT2D eigenvalue weighted by Crippen LogP contribution is -2.24. The van der Waals surface area contributed by atoms with Gasteiger partial charge in [0.15, 0.2) is 0 Å². The molecule has 2 amide bonds. The van der Waals surface area contributed by atoms with Crippen molar-refractivity contribution in [2.75, 3.05) is 7.05 Å². The van der Waals surface area contributed by atoms with Crippen LogP contribution in [0.4, 0.5) is 4.79 Å². The van der Waals surface area contributed by atoms with Gasteiger partial charge in [-0.15, -0.1) is 0 Å². The van der Waals surface area contributed by atoms with Crippen LogP contribution >= 0.6 is 0 Å². The van der Waals surface area contributed by atoms with Gasteiger partial charge in [-0.2, -0.15) is 0 Å². The van der Waals surface area contributed by atoms with E-state index >= 15 is 0 Å². The number of rotatable bonds is 0. The smallest absolute Gasteiger partial charge is 0.311 e. The van der Waals surface area contributed by atoms with Gasteiger partial charge < -0.3 is 11.1 Å². The fourth-order valence-electron chi connectivity index (χ4n) is 2.01. The lowest BCUT2D eigenvalue weighted by Gasteiger charge is -1.96. The zero-order valence-electron chi connectivity index (χ0n) is 7.89. The molecule has 2 atom stereocenters. The number of hydrogen-bond acceptors (Lipinski definition) is 1. The predicted octanol–water partition coefficient (Wildman–Crippen LogP) is 1.48. The van der Waals surface area contributed by atoms with E-state index in [1.807, 2.05) is 0 Å². The van der Waals surface area contributed by atoms with E-state index in [2.05, 4.69) is 18.0 Å². The number of fused-ring (bicyclic) bond motifs is 1. The van der Waals surface area contributed by atoms with Crippen LogP contribution in [0.25, 0.3) is 0 Å². The standard InChI is InChI=1S/C7H12.C2H6N2O/c1-7-4-2-3-6(7)5-7;1-4-2(3)5/h6H,2-5H2,1H3;1H3,(H3,3,4,5). The van der Waals surface area contributed by atoms with Crippen molar-refractivity contribution in [1.82, 2.24) is 5.32 Å². The molecule has 2 saturated carbocycles. The van der Waals surface area contributed by atoms with Crippen LogP contribution in [-0.4, -0.2) is 13.1 Å². The molecule has 0 radical (unpaired) electrons. The van der Waals surface area contributed by atoms with Gasteiger partial charge in [0.25, 0.3) is 0 Å². The lowest BCUT2D eigenvalue weighted by atomic mass is 10.1. The van der Waals surface area contributed by atoms with E-state index in [1.165, 1.54) is 26.3 Å². The second kappa shape index (κ2) is 3.33. The minimum absolute atomic E-state index is 0.495. The summed E-state index contributed by atoms with van der Waals surface area (Å²) < 4.78 is 0. The molecule has 2 aliphatic carbocycles. The lowest BCUT2D eigenvalue weighted by molar-refractivity contribution is 0.251. The third kappa shape index (κ3) is 2.13. The highest BCUT2D eigenvalue weighted by atomic mass is 16.2. The van der Waals surface area contributed by atoms with Crippen LogP contribution in [0.3, 0.4) is 0 Å². The Morgan fingerprint density at radius 1 is 1.67 bits per heavy atom. The Hall–Kier alpha value is -0.730. The Bertz CT molecular complexity index is 179. The van der Waals surface area contributed by atoms with Gasteiger partial charge >= 0.3 is 6.03 Å². The highest BCUT2D eigenvalue weighted by Crippen LogP contribution is 2.62. The minimum Gasteiger partial charge on any atom is -0.352 e. The Balaban J connectivity index is 0.000000130. The molecule has 70 valence electrons. The Morgan fingerprint density at radius 2 is 2.25 bits per heavy atom. The quantitative estimate of drug-likeness (QED) is 0.568. The molecule has 2 rings (SSSR count). The number of carbonyl (C=O) groups is 1. The van der Waals surface area contributed by atoms with Crippen LogP contribution in [0.1, 0.15) is 32.6 Å². The third-order valence-corrected chi connectivity index (χ3v) is 3.09. The summed E-state index contributed by atoms with van der Waals surface area (Å²) in [6.45, 7) is 2.44. The predicted molar refractivity (Wildman–Crippen MR) is 48.7 cm³/mol. The summed E-state index contributed by atoms with van der Waals surface area (Å²) in [5, 5.41) is 2.17. The van der Waals surface area contributed by atoms with E-state index in [4.69, 9.17) is 0 Å².